The standard InChI is InChI=1S/C20H24N4O3/c1-26-16-6-3-2-5-14(16)19-22-21-18-9-8-13-11-23(12-15(13)24(18)19)20(25)17-7-4-10-27-17/h2-3,5-6,13,15,17H,4,7-12H2,1H3/t13-,15+,17-/m1/s1. The van der Waals surface area contributed by atoms with Crippen LogP contribution in [0.3, 0.4) is 0 Å². The Hall–Kier alpha value is -2.41. The number of carbonyl (C=O) groups is 1. The molecule has 0 radical (unpaired) electrons. The van der Waals surface area contributed by atoms with Gasteiger partial charge in [-0.25, -0.2) is 0 Å². The van der Waals surface area contributed by atoms with Crippen LogP contribution in [0.2, 0.25) is 0 Å². The van der Waals surface area contributed by atoms with Gasteiger partial charge in [-0.05, 0) is 37.3 Å². The number of amides is 1. The maximum Gasteiger partial charge on any atom is 0.251 e. The van der Waals surface area contributed by atoms with Crippen LogP contribution < -0.4 is 4.74 Å². The second kappa shape index (κ2) is 6.64. The maximum absolute atomic E-state index is 12.8. The minimum Gasteiger partial charge on any atom is -0.496 e. The highest BCUT2D eigenvalue weighted by Gasteiger charge is 2.43. The predicted octanol–water partition coefficient (Wildman–Crippen LogP) is 2.08. The molecule has 0 spiro atoms. The monoisotopic (exact) mass is 368 g/mol. The van der Waals surface area contributed by atoms with E-state index >= 15 is 0 Å². The largest absolute Gasteiger partial charge is 0.496 e. The molecule has 3 aliphatic rings. The van der Waals surface area contributed by atoms with Crippen molar-refractivity contribution in [2.75, 3.05) is 26.8 Å². The van der Waals surface area contributed by atoms with Crippen LogP contribution in [0.4, 0.5) is 0 Å². The first kappa shape index (κ1) is 16.7. The molecular formula is C20H24N4O3. The molecule has 7 nitrogen and oxygen atoms in total. The molecule has 27 heavy (non-hydrogen) atoms. The van der Waals surface area contributed by atoms with Gasteiger partial charge in [0, 0.05) is 26.1 Å². The summed E-state index contributed by atoms with van der Waals surface area (Å²) in [6, 6.07) is 8.12. The number of nitrogens with zero attached hydrogens (tertiary/aromatic N) is 4. The Kier molecular flexibility index (Phi) is 4.11. The maximum atomic E-state index is 12.8. The Morgan fingerprint density at radius 1 is 1.22 bits per heavy atom. The Morgan fingerprint density at radius 2 is 2.11 bits per heavy atom. The van der Waals surface area contributed by atoms with E-state index in [1.54, 1.807) is 7.11 Å². The molecule has 5 rings (SSSR count). The number of likely N-dealkylation sites (tertiary alicyclic amines) is 1. The molecule has 2 saturated heterocycles. The van der Waals surface area contributed by atoms with Gasteiger partial charge in [0.2, 0.25) is 0 Å². The van der Waals surface area contributed by atoms with Crippen molar-refractivity contribution in [2.45, 2.75) is 37.8 Å². The molecule has 142 valence electrons. The Balaban J connectivity index is 1.47. The molecule has 3 aliphatic heterocycles. The average Bonchev–Trinajstić information content (AvgIpc) is 3.45. The second-order valence-electron chi connectivity index (χ2n) is 7.62. The zero-order valence-electron chi connectivity index (χ0n) is 15.5. The summed E-state index contributed by atoms with van der Waals surface area (Å²) in [5, 5.41) is 8.93. The van der Waals surface area contributed by atoms with E-state index in [0.29, 0.717) is 19.1 Å². The summed E-state index contributed by atoms with van der Waals surface area (Å²) < 4.78 is 13.4. The summed E-state index contributed by atoms with van der Waals surface area (Å²) in [7, 11) is 1.67. The van der Waals surface area contributed by atoms with E-state index in [-0.39, 0.29) is 18.1 Å². The molecule has 1 aromatic carbocycles. The highest BCUT2D eigenvalue weighted by atomic mass is 16.5. The van der Waals surface area contributed by atoms with Crippen LogP contribution in [0, 0.1) is 5.92 Å². The van der Waals surface area contributed by atoms with Gasteiger partial charge in [0.25, 0.3) is 5.91 Å². The number of carbonyl (C=O) groups excluding carboxylic acids is 1. The van der Waals surface area contributed by atoms with E-state index < -0.39 is 0 Å². The third kappa shape index (κ3) is 2.72. The number of aromatic nitrogens is 3. The van der Waals surface area contributed by atoms with Crippen LogP contribution >= 0.6 is 0 Å². The summed E-state index contributed by atoms with van der Waals surface area (Å²) in [6.45, 7) is 2.20. The Bertz CT molecular complexity index is 859. The van der Waals surface area contributed by atoms with Crippen LogP contribution in [0.5, 0.6) is 5.75 Å². The van der Waals surface area contributed by atoms with E-state index in [2.05, 4.69) is 14.8 Å². The normalized spacial score (nSPS) is 26.7. The Morgan fingerprint density at radius 3 is 2.93 bits per heavy atom. The van der Waals surface area contributed by atoms with Crippen LogP contribution in [-0.4, -0.2) is 58.5 Å². The van der Waals surface area contributed by atoms with Crippen LogP contribution in [0.25, 0.3) is 11.4 Å². The number of ether oxygens (including phenoxy) is 2. The lowest BCUT2D eigenvalue weighted by atomic mass is 9.93. The average molecular weight is 368 g/mol. The molecule has 0 N–H and O–H groups in total. The first-order valence-corrected chi connectivity index (χ1v) is 9.74. The predicted molar refractivity (Wildman–Crippen MR) is 98.4 cm³/mol. The van der Waals surface area contributed by atoms with E-state index in [9.17, 15) is 4.79 Å². The lowest BCUT2D eigenvalue weighted by Gasteiger charge is -2.27. The zero-order valence-corrected chi connectivity index (χ0v) is 15.5. The van der Waals surface area contributed by atoms with Crippen molar-refractivity contribution in [1.29, 1.82) is 0 Å². The molecule has 1 aromatic heterocycles. The van der Waals surface area contributed by atoms with Gasteiger partial charge < -0.3 is 18.9 Å². The molecule has 3 atom stereocenters. The molecule has 0 bridgehead atoms. The molecule has 0 unspecified atom stereocenters. The van der Waals surface area contributed by atoms with Gasteiger partial charge in [0.1, 0.15) is 17.7 Å². The minimum absolute atomic E-state index is 0.148. The van der Waals surface area contributed by atoms with E-state index in [0.717, 1.165) is 55.2 Å². The first-order valence-electron chi connectivity index (χ1n) is 9.74. The number of hydrogen-bond donors (Lipinski definition) is 0. The molecule has 2 aromatic rings. The fraction of sp³-hybridized carbons (Fsp3) is 0.550. The summed E-state index contributed by atoms with van der Waals surface area (Å²) in [6.07, 6.45) is 3.51. The van der Waals surface area contributed by atoms with Crippen molar-refractivity contribution in [3.8, 4) is 17.1 Å². The number of fused-ring (bicyclic) bond motifs is 3. The van der Waals surface area contributed by atoms with Crippen molar-refractivity contribution < 1.29 is 14.3 Å². The molecular weight excluding hydrogens is 344 g/mol. The number of para-hydroxylation sites is 1. The van der Waals surface area contributed by atoms with Gasteiger partial charge in [-0.3, -0.25) is 4.79 Å². The number of methoxy groups -OCH3 is 1. The van der Waals surface area contributed by atoms with Crippen LogP contribution in [-0.2, 0) is 16.0 Å². The molecule has 7 heteroatoms. The van der Waals surface area contributed by atoms with Gasteiger partial charge in [0.05, 0.1) is 18.7 Å². The lowest BCUT2D eigenvalue weighted by molar-refractivity contribution is -0.140. The number of hydrogen-bond acceptors (Lipinski definition) is 5. The SMILES string of the molecule is COc1ccccc1-c1nnc2n1[C@H]1CN(C(=O)[C@H]3CCCO3)C[C@H]1CC2. The van der Waals surface area contributed by atoms with Gasteiger partial charge >= 0.3 is 0 Å². The van der Waals surface area contributed by atoms with E-state index in [1.807, 2.05) is 29.2 Å². The molecule has 2 fully saturated rings. The molecule has 0 saturated carbocycles. The number of rotatable bonds is 3. The van der Waals surface area contributed by atoms with Crippen molar-refractivity contribution in [2.24, 2.45) is 5.92 Å². The third-order valence-electron chi connectivity index (χ3n) is 6.11. The van der Waals surface area contributed by atoms with Gasteiger partial charge in [-0.15, -0.1) is 10.2 Å². The highest BCUT2D eigenvalue weighted by molar-refractivity contribution is 5.81. The van der Waals surface area contributed by atoms with Gasteiger partial charge in [0.15, 0.2) is 5.82 Å². The lowest BCUT2D eigenvalue weighted by Crippen LogP contribution is -2.37. The van der Waals surface area contributed by atoms with E-state index in [1.165, 1.54) is 0 Å². The summed E-state index contributed by atoms with van der Waals surface area (Å²) in [4.78, 5) is 14.8. The van der Waals surface area contributed by atoms with Gasteiger partial charge in [-0.2, -0.15) is 0 Å². The van der Waals surface area contributed by atoms with E-state index in [4.69, 9.17) is 9.47 Å². The fourth-order valence-corrected chi connectivity index (χ4v) is 4.76. The third-order valence-corrected chi connectivity index (χ3v) is 6.11. The van der Waals surface area contributed by atoms with Crippen LogP contribution in [0.15, 0.2) is 24.3 Å². The van der Waals surface area contributed by atoms with Crippen LogP contribution in [0.1, 0.15) is 31.1 Å². The Labute approximate surface area is 158 Å². The topological polar surface area (TPSA) is 69.5 Å². The first-order chi connectivity index (χ1) is 13.3. The molecule has 4 heterocycles. The fourth-order valence-electron chi connectivity index (χ4n) is 4.76. The van der Waals surface area contributed by atoms with Crippen molar-refractivity contribution >= 4 is 5.91 Å². The number of benzene rings is 1. The number of aryl methyl sites for hydroxylation is 1. The highest BCUT2D eigenvalue weighted by Crippen LogP contribution is 2.41. The summed E-state index contributed by atoms with van der Waals surface area (Å²) in [5.41, 5.74) is 0.948. The van der Waals surface area contributed by atoms with Crippen molar-refractivity contribution in [1.82, 2.24) is 19.7 Å². The quantitative estimate of drug-likeness (QED) is 0.830. The van der Waals surface area contributed by atoms with Crippen molar-refractivity contribution in [3.05, 3.63) is 30.1 Å². The second-order valence-corrected chi connectivity index (χ2v) is 7.62. The summed E-state index contributed by atoms with van der Waals surface area (Å²) >= 11 is 0. The molecule has 0 aliphatic carbocycles. The zero-order chi connectivity index (χ0) is 18.4. The van der Waals surface area contributed by atoms with Gasteiger partial charge in [-0.1, -0.05) is 12.1 Å². The smallest absolute Gasteiger partial charge is 0.251 e. The summed E-state index contributed by atoms with van der Waals surface area (Å²) in [5.74, 6) is 3.22. The van der Waals surface area contributed by atoms with Crippen molar-refractivity contribution in [3.63, 3.8) is 0 Å². The minimum atomic E-state index is -0.251. The molecule has 1 amide bonds.